The Kier molecular flexibility index (Phi) is 4.61. The number of benzene rings is 1. The maximum atomic E-state index is 5.10. The highest BCUT2D eigenvalue weighted by Gasteiger charge is 2.08. The third-order valence-electron chi connectivity index (χ3n) is 2.99. The normalized spacial score (nSPS) is 10.7. The molecule has 102 valence electrons. The number of nitrogens with one attached hydrogen (secondary N) is 1. The van der Waals surface area contributed by atoms with Gasteiger partial charge in [-0.2, -0.15) is 0 Å². The molecule has 5 heteroatoms. The molecule has 4 nitrogen and oxygen atoms in total. The minimum absolute atomic E-state index is 0.670. The Labute approximate surface area is 121 Å². The van der Waals surface area contributed by atoms with Gasteiger partial charge in [-0.15, -0.1) is 0 Å². The molecule has 1 aromatic carbocycles. The van der Waals surface area contributed by atoms with Gasteiger partial charge in [0, 0.05) is 36.2 Å². The number of aryl methyl sites for hydroxylation is 2. The maximum absolute atomic E-state index is 5.10. The summed E-state index contributed by atoms with van der Waals surface area (Å²) >= 11 is 3.51. The lowest BCUT2D eigenvalue weighted by Crippen LogP contribution is -2.08. The van der Waals surface area contributed by atoms with Gasteiger partial charge in [-0.1, -0.05) is 15.9 Å². The predicted octanol–water partition coefficient (Wildman–Crippen LogP) is 3.65. The summed E-state index contributed by atoms with van der Waals surface area (Å²) in [6.45, 7) is 5.63. The molecule has 0 saturated heterocycles. The van der Waals surface area contributed by atoms with Crippen molar-refractivity contribution in [3.63, 3.8) is 0 Å². The molecule has 0 saturated carbocycles. The smallest absolute Gasteiger partial charge is 0.207 e. The van der Waals surface area contributed by atoms with Crippen molar-refractivity contribution in [2.45, 2.75) is 20.4 Å². The summed E-state index contributed by atoms with van der Waals surface area (Å²) in [5.74, 6) is 0.838. The molecule has 2 aromatic rings. The van der Waals surface area contributed by atoms with E-state index in [-0.39, 0.29) is 0 Å². The first kappa shape index (κ1) is 14.1. The van der Waals surface area contributed by atoms with Crippen LogP contribution in [-0.4, -0.2) is 23.3 Å². The van der Waals surface area contributed by atoms with Gasteiger partial charge in [0.2, 0.25) is 5.95 Å². The van der Waals surface area contributed by atoms with Crippen molar-refractivity contribution in [1.29, 1.82) is 0 Å². The van der Waals surface area contributed by atoms with Gasteiger partial charge in [0.15, 0.2) is 0 Å². The van der Waals surface area contributed by atoms with Crippen molar-refractivity contribution in [3.05, 3.63) is 40.1 Å². The number of methoxy groups -OCH3 is 1. The quantitative estimate of drug-likeness (QED) is 0.912. The molecule has 0 bridgehead atoms. The van der Waals surface area contributed by atoms with Crippen molar-refractivity contribution in [2.75, 3.05) is 19.0 Å². The van der Waals surface area contributed by atoms with Crippen LogP contribution in [0.5, 0.6) is 0 Å². The monoisotopic (exact) mass is 323 g/mol. The van der Waals surface area contributed by atoms with Crippen molar-refractivity contribution < 1.29 is 4.74 Å². The molecule has 0 atom stereocenters. The first-order chi connectivity index (χ1) is 9.11. The Balaban J connectivity index is 2.24. The third kappa shape index (κ3) is 3.36. The largest absolute Gasteiger partial charge is 0.383 e. The van der Waals surface area contributed by atoms with Gasteiger partial charge < -0.3 is 14.6 Å². The van der Waals surface area contributed by atoms with Crippen LogP contribution >= 0.6 is 15.9 Å². The third-order valence-corrected chi connectivity index (χ3v) is 3.44. The van der Waals surface area contributed by atoms with Crippen LogP contribution in [0.15, 0.2) is 29.0 Å². The van der Waals surface area contributed by atoms with Crippen LogP contribution in [0.4, 0.5) is 11.6 Å². The van der Waals surface area contributed by atoms with E-state index in [1.54, 1.807) is 13.3 Å². The van der Waals surface area contributed by atoms with E-state index in [4.69, 9.17) is 4.74 Å². The molecular weight excluding hydrogens is 306 g/mol. The Morgan fingerprint density at radius 2 is 2.00 bits per heavy atom. The van der Waals surface area contributed by atoms with E-state index in [1.165, 1.54) is 11.1 Å². The van der Waals surface area contributed by atoms with E-state index < -0.39 is 0 Å². The second-order valence-corrected chi connectivity index (χ2v) is 5.39. The average molecular weight is 324 g/mol. The number of aromatic nitrogens is 2. The number of halogens is 1. The van der Waals surface area contributed by atoms with Crippen LogP contribution in [0.3, 0.4) is 0 Å². The van der Waals surface area contributed by atoms with E-state index in [2.05, 4.69) is 52.2 Å². The van der Waals surface area contributed by atoms with E-state index in [1.807, 2.05) is 10.8 Å². The first-order valence-corrected chi connectivity index (χ1v) is 6.95. The number of hydrogen-bond acceptors (Lipinski definition) is 3. The molecule has 2 rings (SSSR count). The lowest BCUT2D eigenvalue weighted by Gasteiger charge is -2.14. The summed E-state index contributed by atoms with van der Waals surface area (Å²) in [7, 11) is 1.70. The van der Waals surface area contributed by atoms with E-state index >= 15 is 0 Å². The van der Waals surface area contributed by atoms with Crippen molar-refractivity contribution in [3.8, 4) is 0 Å². The summed E-state index contributed by atoms with van der Waals surface area (Å²) in [6, 6.07) is 4.19. The zero-order valence-electron chi connectivity index (χ0n) is 11.4. The second-order valence-electron chi connectivity index (χ2n) is 4.48. The summed E-state index contributed by atoms with van der Waals surface area (Å²) < 4.78 is 8.24. The summed E-state index contributed by atoms with van der Waals surface area (Å²) in [5, 5.41) is 3.40. The molecule has 0 unspecified atom stereocenters. The minimum atomic E-state index is 0.670. The molecular formula is C14H18BrN3O. The molecule has 0 fully saturated rings. The fraction of sp³-hybridized carbons (Fsp3) is 0.357. The van der Waals surface area contributed by atoms with Gasteiger partial charge in [-0.25, -0.2) is 4.98 Å². The zero-order valence-corrected chi connectivity index (χ0v) is 13.0. The number of imidazole rings is 1. The average Bonchev–Trinajstić information content (AvgIpc) is 2.78. The van der Waals surface area contributed by atoms with E-state index in [0.29, 0.717) is 6.61 Å². The van der Waals surface area contributed by atoms with Crippen LogP contribution in [-0.2, 0) is 11.3 Å². The minimum Gasteiger partial charge on any atom is -0.383 e. The topological polar surface area (TPSA) is 39.1 Å². The molecule has 1 N–H and O–H groups in total. The van der Waals surface area contributed by atoms with E-state index in [0.717, 1.165) is 22.7 Å². The summed E-state index contributed by atoms with van der Waals surface area (Å²) in [4.78, 5) is 4.35. The van der Waals surface area contributed by atoms with Gasteiger partial charge >= 0.3 is 0 Å². The molecule has 1 aromatic heterocycles. The Hall–Kier alpha value is -1.33. The Morgan fingerprint density at radius 1 is 1.32 bits per heavy atom. The van der Waals surface area contributed by atoms with Crippen LogP contribution in [0.25, 0.3) is 0 Å². The Morgan fingerprint density at radius 3 is 2.63 bits per heavy atom. The lowest BCUT2D eigenvalue weighted by atomic mass is 10.1. The van der Waals surface area contributed by atoms with Crippen molar-refractivity contribution >= 4 is 27.6 Å². The van der Waals surface area contributed by atoms with Gasteiger partial charge in [0.25, 0.3) is 0 Å². The van der Waals surface area contributed by atoms with Crippen LogP contribution in [0, 0.1) is 13.8 Å². The standard InChI is InChI=1S/C14H18BrN3O/c1-10-8-12(15)9-11(2)13(10)17-14-16-4-5-18(14)6-7-19-3/h4-5,8-9H,6-7H2,1-3H3,(H,16,17). The number of ether oxygens (including phenoxy) is 1. The molecule has 1 heterocycles. The number of nitrogens with zero attached hydrogens (tertiary/aromatic N) is 2. The first-order valence-electron chi connectivity index (χ1n) is 6.15. The molecule has 19 heavy (non-hydrogen) atoms. The van der Waals surface area contributed by atoms with Crippen molar-refractivity contribution in [2.24, 2.45) is 0 Å². The SMILES string of the molecule is COCCn1ccnc1Nc1c(C)cc(Br)cc1C. The highest BCUT2D eigenvalue weighted by Crippen LogP contribution is 2.27. The van der Waals surface area contributed by atoms with Gasteiger partial charge in [0.05, 0.1) is 6.61 Å². The van der Waals surface area contributed by atoms with Crippen LogP contribution in [0.2, 0.25) is 0 Å². The van der Waals surface area contributed by atoms with Crippen LogP contribution in [0.1, 0.15) is 11.1 Å². The van der Waals surface area contributed by atoms with Gasteiger partial charge in [-0.05, 0) is 37.1 Å². The fourth-order valence-corrected chi connectivity index (χ4v) is 2.71. The number of hydrogen-bond donors (Lipinski definition) is 1. The molecule has 0 amide bonds. The zero-order chi connectivity index (χ0) is 13.8. The second kappa shape index (κ2) is 6.21. The maximum Gasteiger partial charge on any atom is 0.207 e. The summed E-state index contributed by atoms with van der Waals surface area (Å²) in [5.41, 5.74) is 3.48. The molecule has 0 aliphatic heterocycles. The number of anilines is 2. The van der Waals surface area contributed by atoms with Gasteiger partial charge in [-0.3, -0.25) is 0 Å². The van der Waals surface area contributed by atoms with E-state index in [9.17, 15) is 0 Å². The molecule has 0 aliphatic rings. The molecule has 0 spiro atoms. The molecule has 0 radical (unpaired) electrons. The highest BCUT2D eigenvalue weighted by atomic mass is 79.9. The van der Waals surface area contributed by atoms with Crippen LogP contribution < -0.4 is 5.32 Å². The fourth-order valence-electron chi connectivity index (χ4n) is 2.02. The predicted molar refractivity (Wildman–Crippen MR) is 81.0 cm³/mol. The lowest BCUT2D eigenvalue weighted by molar-refractivity contribution is 0.188. The van der Waals surface area contributed by atoms with Gasteiger partial charge in [0.1, 0.15) is 0 Å². The Bertz CT molecular complexity index is 543. The number of rotatable bonds is 5. The highest BCUT2D eigenvalue weighted by molar-refractivity contribution is 9.10. The summed E-state index contributed by atoms with van der Waals surface area (Å²) in [6.07, 6.45) is 3.74. The van der Waals surface area contributed by atoms with Crippen molar-refractivity contribution in [1.82, 2.24) is 9.55 Å². The molecule has 0 aliphatic carbocycles.